The molecule has 1 aliphatic rings. The van der Waals surface area contributed by atoms with Crippen LogP contribution in [0.4, 0.5) is 0 Å². The van der Waals surface area contributed by atoms with Gasteiger partial charge in [0.25, 0.3) is 0 Å². The molecule has 88 valence electrons. The number of aliphatic hydroxyl groups excluding tert-OH is 2. The third-order valence-electron chi connectivity index (χ3n) is 3.73. The van der Waals surface area contributed by atoms with Gasteiger partial charge in [0.2, 0.25) is 0 Å². The first-order valence-electron chi connectivity index (χ1n) is 6.14. The van der Waals surface area contributed by atoms with Gasteiger partial charge in [-0.15, -0.1) is 0 Å². The molecule has 1 aliphatic carbocycles. The van der Waals surface area contributed by atoms with E-state index in [1.165, 1.54) is 32.1 Å². The molecule has 1 saturated carbocycles. The Hall–Kier alpha value is -0.340. The van der Waals surface area contributed by atoms with Crippen LogP contribution in [0.1, 0.15) is 39.0 Å². The van der Waals surface area contributed by atoms with Crippen LogP contribution in [0.15, 0.2) is 12.2 Å². The van der Waals surface area contributed by atoms with Gasteiger partial charge >= 0.3 is 0 Å². The normalized spacial score (nSPS) is 27.7. The number of aliphatic hydroxyl groups is 2. The second-order valence-corrected chi connectivity index (χ2v) is 4.71. The molecule has 0 unspecified atom stereocenters. The lowest BCUT2D eigenvalue weighted by atomic mass is 9.75. The first-order valence-corrected chi connectivity index (χ1v) is 6.14. The summed E-state index contributed by atoms with van der Waals surface area (Å²) in [6.45, 7) is 2.35. The van der Waals surface area contributed by atoms with Crippen LogP contribution < -0.4 is 0 Å². The molecule has 0 bridgehead atoms. The predicted octanol–water partition coefficient (Wildman–Crippen LogP) is 2.36. The van der Waals surface area contributed by atoms with Gasteiger partial charge in [-0.05, 0) is 50.9 Å². The number of hydrogen-bond acceptors (Lipinski definition) is 2. The average molecular weight is 212 g/mol. The van der Waals surface area contributed by atoms with Crippen LogP contribution in [0.5, 0.6) is 0 Å². The highest BCUT2D eigenvalue weighted by molar-refractivity contribution is 4.84. The molecule has 0 aliphatic heterocycles. The molecule has 1 rings (SSSR count). The molecule has 0 atom stereocenters. The molecule has 2 heteroatoms. The fourth-order valence-corrected chi connectivity index (χ4v) is 2.58. The summed E-state index contributed by atoms with van der Waals surface area (Å²) in [7, 11) is 0. The van der Waals surface area contributed by atoms with Crippen LogP contribution in [0.25, 0.3) is 0 Å². The van der Waals surface area contributed by atoms with E-state index in [4.69, 9.17) is 10.2 Å². The standard InChI is InChI=1S/C13H24O2/c1-2-3-4-11-5-7-12(8-6-11)13(9-14)10-15/h2-3,11-15H,4-10H2,1H3. The zero-order valence-corrected chi connectivity index (χ0v) is 9.73. The summed E-state index contributed by atoms with van der Waals surface area (Å²) in [5.41, 5.74) is 0. The van der Waals surface area contributed by atoms with Crippen molar-refractivity contribution in [1.29, 1.82) is 0 Å². The molecule has 2 nitrogen and oxygen atoms in total. The van der Waals surface area contributed by atoms with Gasteiger partial charge in [-0.2, -0.15) is 0 Å². The SMILES string of the molecule is CC=CCC1CCC(C(CO)CO)CC1. The monoisotopic (exact) mass is 212 g/mol. The second-order valence-electron chi connectivity index (χ2n) is 4.71. The van der Waals surface area contributed by atoms with E-state index in [1.807, 2.05) is 0 Å². The van der Waals surface area contributed by atoms with Gasteiger partial charge < -0.3 is 10.2 Å². The molecule has 0 saturated heterocycles. The van der Waals surface area contributed by atoms with Crippen LogP contribution in [0.2, 0.25) is 0 Å². The van der Waals surface area contributed by atoms with Gasteiger partial charge in [0.15, 0.2) is 0 Å². The Labute approximate surface area is 93.0 Å². The second kappa shape index (κ2) is 7.02. The summed E-state index contributed by atoms with van der Waals surface area (Å²) in [5, 5.41) is 18.2. The molecule has 0 spiro atoms. The average Bonchev–Trinajstić information content (AvgIpc) is 2.29. The quantitative estimate of drug-likeness (QED) is 0.687. The zero-order chi connectivity index (χ0) is 11.1. The lowest BCUT2D eigenvalue weighted by Gasteiger charge is -2.31. The third-order valence-corrected chi connectivity index (χ3v) is 3.73. The van der Waals surface area contributed by atoms with Crippen LogP contribution >= 0.6 is 0 Å². The smallest absolute Gasteiger partial charge is 0.0483 e. The van der Waals surface area contributed by atoms with Crippen molar-refractivity contribution in [3.63, 3.8) is 0 Å². The molecule has 0 aromatic heterocycles. The lowest BCUT2D eigenvalue weighted by Crippen LogP contribution is -2.26. The van der Waals surface area contributed by atoms with Gasteiger partial charge in [0.1, 0.15) is 0 Å². The van der Waals surface area contributed by atoms with Crippen LogP contribution in [0.3, 0.4) is 0 Å². The van der Waals surface area contributed by atoms with Crippen molar-refractivity contribution in [1.82, 2.24) is 0 Å². The highest BCUT2D eigenvalue weighted by Crippen LogP contribution is 2.34. The third kappa shape index (κ3) is 3.96. The summed E-state index contributed by atoms with van der Waals surface area (Å²) in [5.74, 6) is 1.49. The van der Waals surface area contributed by atoms with Gasteiger partial charge in [0, 0.05) is 19.1 Å². The molecule has 0 amide bonds. The summed E-state index contributed by atoms with van der Waals surface area (Å²) in [4.78, 5) is 0. The van der Waals surface area contributed by atoms with Crippen molar-refractivity contribution < 1.29 is 10.2 Å². The van der Waals surface area contributed by atoms with Crippen molar-refractivity contribution in [2.24, 2.45) is 17.8 Å². The molecule has 0 radical (unpaired) electrons. The van der Waals surface area contributed by atoms with E-state index in [9.17, 15) is 0 Å². The van der Waals surface area contributed by atoms with Crippen molar-refractivity contribution in [2.45, 2.75) is 39.0 Å². The number of hydrogen-bond donors (Lipinski definition) is 2. The van der Waals surface area contributed by atoms with Crippen molar-refractivity contribution >= 4 is 0 Å². The highest BCUT2D eigenvalue weighted by atomic mass is 16.3. The molecule has 1 fully saturated rings. The maximum Gasteiger partial charge on any atom is 0.0483 e. The number of rotatable bonds is 5. The first kappa shape index (κ1) is 12.7. The van der Waals surface area contributed by atoms with E-state index >= 15 is 0 Å². The van der Waals surface area contributed by atoms with E-state index in [2.05, 4.69) is 19.1 Å². The Balaban J connectivity index is 2.28. The fourth-order valence-electron chi connectivity index (χ4n) is 2.58. The van der Waals surface area contributed by atoms with Gasteiger partial charge in [0.05, 0.1) is 0 Å². The van der Waals surface area contributed by atoms with Crippen molar-refractivity contribution in [2.75, 3.05) is 13.2 Å². The summed E-state index contributed by atoms with van der Waals surface area (Å²) in [6.07, 6.45) is 10.4. The van der Waals surface area contributed by atoms with E-state index in [0.717, 1.165) is 5.92 Å². The predicted molar refractivity (Wildman–Crippen MR) is 62.5 cm³/mol. The first-order chi connectivity index (χ1) is 7.31. The Morgan fingerprint density at radius 2 is 1.73 bits per heavy atom. The maximum atomic E-state index is 9.11. The molecule has 0 heterocycles. The minimum absolute atomic E-state index is 0.118. The van der Waals surface area contributed by atoms with Gasteiger partial charge in [-0.1, -0.05) is 12.2 Å². The molecule has 2 N–H and O–H groups in total. The van der Waals surface area contributed by atoms with Gasteiger partial charge in [-0.25, -0.2) is 0 Å². The largest absolute Gasteiger partial charge is 0.396 e. The Bertz CT molecular complexity index is 177. The molecular formula is C13H24O2. The summed E-state index contributed by atoms with van der Waals surface area (Å²) in [6, 6.07) is 0. The van der Waals surface area contributed by atoms with Crippen LogP contribution in [-0.2, 0) is 0 Å². The van der Waals surface area contributed by atoms with E-state index < -0.39 is 0 Å². The number of allylic oxidation sites excluding steroid dienone is 2. The fraction of sp³-hybridized carbons (Fsp3) is 0.846. The van der Waals surface area contributed by atoms with E-state index in [-0.39, 0.29) is 19.1 Å². The van der Waals surface area contributed by atoms with Gasteiger partial charge in [-0.3, -0.25) is 0 Å². The van der Waals surface area contributed by atoms with Crippen LogP contribution in [-0.4, -0.2) is 23.4 Å². The lowest BCUT2D eigenvalue weighted by molar-refractivity contribution is 0.0796. The topological polar surface area (TPSA) is 40.5 Å². The minimum Gasteiger partial charge on any atom is -0.396 e. The summed E-state index contributed by atoms with van der Waals surface area (Å²) >= 11 is 0. The molecule has 15 heavy (non-hydrogen) atoms. The maximum absolute atomic E-state index is 9.11. The van der Waals surface area contributed by atoms with E-state index in [1.54, 1.807) is 0 Å². The Morgan fingerprint density at radius 3 is 2.20 bits per heavy atom. The Morgan fingerprint density at radius 1 is 1.13 bits per heavy atom. The summed E-state index contributed by atoms with van der Waals surface area (Å²) < 4.78 is 0. The molecular weight excluding hydrogens is 188 g/mol. The zero-order valence-electron chi connectivity index (χ0n) is 9.73. The Kier molecular flexibility index (Phi) is 5.96. The highest BCUT2D eigenvalue weighted by Gasteiger charge is 2.26. The molecule has 0 aromatic carbocycles. The van der Waals surface area contributed by atoms with Crippen molar-refractivity contribution in [3.05, 3.63) is 12.2 Å². The molecule has 0 aromatic rings. The van der Waals surface area contributed by atoms with Crippen LogP contribution in [0, 0.1) is 17.8 Å². The minimum atomic E-state index is 0.118. The van der Waals surface area contributed by atoms with Crippen molar-refractivity contribution in [3.8, 4) is 0 Å². The van der Waals surface area contributed by atoms with E-state index in [0.29, 0.717) is 5.92 Å².